The Morgan fingerprint density at radius 2 is 1.91 bits per heavy atom. The van der Waals surface area contributed by atoms with E-state index < -0.39 is 0 Å². The molecule has 1 fully saturated rings. The number of nitrogens with zero attached hydrogens (tertiary/aromatic N) is 2. The molecule has 0 atom stereocenters. The van der Waals surface area contributed by atoms with Crippen molar-refractivity contribution in [2.75, 3.05) is 29.1 Å². The van der Waals surface area contributed by atoms with Crippen molar-refractivity contribution in [3.8, 4) is 0 Å². The van der Waals surface area contributed by atoms with Gasteiger partial charge in [0.05, 0.1) is 5.75 Å². The lowest BCUT2D eigenvalue weighted by molar-refractivity contribution is -0.645. The van der Waals surface area contributed by atoms with Gasteiger partial charge in [-0.1, -0.05) is 0 Å². The van der Waals surface area contributed by atoms with E-state index in [4.69, 9.17) is 0 Å². The molecule has 23 heavy (non-hydrogen) atoms. The molecule has 2 heterocycles. The molecule has 0 spiro atoms. The van der Waals surface area contributed by atoms with E-state index in [2.05, 4.69) is 10.2 Å². The van der Waals surface area contributed by atoms with Crippen molar-refractivity contribution in [2.45, 2.75) is 17.9 Å². The van der Waals surface area contributed by atoms with Gasteiger partial charge in [-0.25, -0.2) is 0 Å². The normalized spacial score (nSPS) is 14.0. The summed E-state index contributed by atoms with van der Waals surface area (Å²) in [5.41, 5.74) is 1.98. The number of benzene rings is 1. The van der Waals surface area contributed by atoms with Crippen LogP contribution in [0.25, 0.3) is 0 Å². The van der Waals surface area contributed by atoms with E-state index in [9.17, 15) is 10.0 Å². The average Bonchev–Trinajstić information content (AvgIpc) is 3.09. The molecule has 1 aromatic heterocycles. The fraction of sp³-hybridized carbons (Fsp3) is 0.294. The third kappa shape index (κ3) is 4.16. The second-order valence-electron chi connectivity index (χ2n) is 5.44. The zero-order chi connectivity index (χ0) is 16.1. The smallest absolute Gasteiger partial charge is 0.251 e. The van der Waals surface area contributed by atoms with Crippen molar-refractivity contribution in [3.05, 3.63) is 53.9 Å². The molecular formula is C17H19N3O2S. The first-order chi connectivity index (χ1) is 11.2. The van der Waals surface area contributed by atoms with E-state index in [0.29, 0.717) is 5.03 Å². The number of aromatic nitrogens is 1. The summed E-state index contributed by atoms with van der Waals surface area (Å²) in [5.74, 6) is 0.0907. The Labute approximate surface area is 139 Å². The molecule has 0 radical (unpaired) electrons. The van der Waals surface area contributed by atoms with E-state index in [1.165, 1.54) is 36.5 Å². The van der Waals surface area contributed by atoms with Crippen LogP contribution < -0.4 is 14.9 Å². The Hall–Kier alpha value is -2.21. The van der Waals surface area contributed by atoms with Gasteiger partial charge >= 0.3 is 0 Å². The molecule has 5 nitrogen and oxygen atoms in total. The number of amides is 1. The quantitative estimate of drug-likeness (QED) is 0.520. The predicted molar refractivity (Wildman–Crippen MR) is 92.6 cm³/mol. The summed E-state index contributed by atoms with van der Waals surface area (Å²) in [6, 6.07) is 13.1. The molecule has 1 aromatic carbocycles. The minimum absolute atomic E-state index is 0.118. The zero-order valence-corrected chi connectivity index (χ0v) is 13.6. The van der Waals surface area contributed by atoms with Gasteiger partial charge in [-0.05, 0) is 54.9 Å². The lowest BCUT2D eigenvalue weighted by Crippen LogP contribution is -2.28. The van der Waals surface area contributed by atoms with Crippen molar-refractivity contribution < 1.29 is 9.52 Å². The van der Waals surface area contributed by atoms with E-state index in [-0.39, 0.29) is 11.7 Å². The van der Waals surface area contributed by atoms with Crippen LogP contribution in [-0.2, 0) is 4.79 Å². The standard InChI is InChI=1S/C17H19N3O2S/c21-16(13-23-17-5-1-2-12-20(17)22)18-14-6-8-15(9-7-14)19-10-3-4-11-19/h1-2,5-9,12H,3-4,10-11,13H2,(H,18,21). The van der Waals surface area contributed by atoms with Gasteiger partial charge in [0.2, 0.25) is 5.91 Å². The van der Waals surface area contributed by atoms with Crippen LogP contribution in [0, 0.1) is 5.21 Å². The van der Waals surface area contributed by atoms with Gasteiger partial charge in [-0.3, -0.25) is 4.79 Å². The van der Waals surface area contributed by atoms with Gasteiger partial charge in [-0.15, -0.1) is 0 Å². The lowest BCUT2D eigenvalue weighted by atomic mass is 10.2. The molecule has 0 bridgehead atoms. The van der Waals surface area contributed by atoms with Gasteiger partial charge < -0.3 is 15.4 Å². The number of carbonyl (C=O) groups is 1. The van der Waals surface area contributed by atoms with Gasteiger partial charge in [-0.2, -0.15) is 4.73 Å². The molecule has 120 valence electrons. The molecular weight excluding hydrogens is 310 g/mol. The molecule has 1 amide bonds. The first-order valence-electron chi connectivity index (χ1n) is 7.68. The second kappa shape index (κ2) is 7.37. The number of nitrogens with one attached hydrogen (secondary N) is 1. The fourth-order valence-corrected chi connectivity index (χ4v) is 3.31. The van der Waals surface area contributed by atoms with E-state index >= 15 is 0 Å². The van der Waals surface area contributed by atoms with Gasteiger partial charge in [0.15, 0.2) is 6.20 Å². The van der Waals surface area contributed by atoms with E-state index in [0.717, 1.165) is 23.5 Å². The molecule has 1 N–H and O–H groups in total. The van der Waals surface area contributed by atoms with Crippen LogP contribution in [0.15, 0.2) is 53.7 Å². The summed E-state index contributed by atoms with van der Waals surface area (Å²) in [5, 5.41) is 14.9. The number of pyridine rings is 1. The van der Waals surface area contributed by atoms with Crippen molar-refractivity contribution in [1.82, 2.24) is 0 Å². The highest BCUT2D eigenvalue weighted by Gasteiger charge is 2.12. The Balaban J connectivity index is 1.52. The molecule has 0 unspecified atom stereocenters. The first kappa shape index (κ1) is 15.7. The molecule has 3 rings (SSSR count). The Morgan fingerprint density at radius 3 is 2.61 bits per heavy atom. The number of carbonyl (C=O) groups excluding carboxylic acids is 1. The monoisotopic (exact) mass is 329 g/mol. The molecule has 1 aliphatic heterocycles. The van der Waals surface area contributed by atoms with Crippen LogP contribution in [0.2, 0.25) is 0 Å². The highest BCUT2D eigenvalue weighted by molar-refractivity contribution is 7.99. The fourth-order valence-electron chi connectivity index (χ4n) is 2.59. The van der Waals surface area contributed by atoms with Gasteiger partial charge in [0.25, 0.3) is 5.03 Å². The highest BCUT2D eigenvalue weighted by Crippen LogP contribution is 2.22. The summed E-state index contributed by atoms with van der Waals surface area (Å²) in [4.78, 5) is 14.3. The number of anilines is 2. The molecule has 6 heteroatoms. The topological polar surface area (TPSA) is 59.3 Å². The van der Waals surface area contributed by atoms with Crippen molar-refractivity contribution in [1.29, 1.82) is 0 Å². The zero-order valence-electron chi connectivity index (χ0n) is 12.8. The third-order valence-electron chi connectivity index (χ3n) is 3.76. The number of hydrogen-bond acceptors (Lipinski definition) is 4. The van der Waals surface area contributed by atoms with Gasteiger partial charge in [0, 0.05) is 36.6 Å². The average molecular weight is 329 g/mol. The Kier molecular flexibility index (Phi) is 5.02. The Bertz CT molecular complexity index is 670. The SMILES string of the molecule is O=C(CSc1cccc[n+]1[O-])Nc1ccc(N2CCCC2)cc1. The predicted octanol–water partition coefficient (Wildman–Crippen LogP) is 2.65. The summed E-state index contributed by atoms with van der Waals surface area (Å²) >= 11 is 1.23. The Morgan fingerprint density at radius 1 is 1.17 bits per heavy atom. The minimum atomic E-state index is -0.118. The van der Waals surface area contributed by atoms with E-state index in [1.54, 1.807) is 18.2 Å². The summed E-state index contributed by atoms with van der Waals surface area (Å²) in [7, 11) is 0. The molecule has 0 saturated carbocycles. The molecule has 1 saturated heterocycles. The number of hydrogen-bond donors (Lipinski definition) is 1. The number of rotatable bonds is 5. The van der Waals surface area contributed by atoms with E-state index in [1.807, 2.05) is 24.3 Å². The maximum absolute atomic E-state index is 12.0. The largest absolute Gasteiger partial charge is 0.618 e. The van der Waals surface area contributed by atoms with Crippen LogP contribution in [0.1, 0.15) is 12.8 Å². The number of thioether (sulfide) groups is 1. The lowest BCUT2D eigenvalue weighted by Gasteiger charge is -2.17. The first-order valence-corrected chi connectivity index (χ1v) is 8.67. The summed E-state index contributed by atoms with van der Waals surface area (Å²) < 4.78 is 0.767. The van der Waals surface area contributed by atoms with Crippen molar-refractivity contribution in [3.63, 3.8) is 0 Å². The van der Waals surface area contributed by atoms with Crippen molar-refractivity contribution >= 4 is 29.0 Å². The molecule has 2 aromatic rings. The van der Waals surface area contributed by atoms with Crippen LogP contribution >= 0.6 is 11.8 Å². The summed E-state index contributed by atoms with van der Waals surface area (Å²) in [6.07, 6.45) is 3.92. The minimum Gasteiger partial charge on any atom is -0.618 e. The molecule has 1 aliphatic rings. The summed E-state index contributed by atoms with van der Waals surface area (Å²) in [6.45, 7) is 2.21. The van der Waals surface area contributed by atoms with Crippen LogP contribution in [0.5, 0.6) is 0 Å². The van der Waals surface area contributed by atoms with Crippen LogP contribution in [-0.4, -0.2) is 24.7 Å². The molecule has 0 aliphatic carbocycles. The second-order valence-corrected chi connectivity index (χ2v) is 6.44. The van der Waals surface area contributed by atoms with Gasteiger partial charge in [0.1, 0.15) is 0 Å². The maximum atomic E-state index is 12.0. The van der Waals surface area contributed by atoms with Crippen LogP contribution in [0.3, 0.4) is 0 Å². The van der Waals surface area contributed by atoms with Crippen molar-refractivity contribution in [2.24, 2.45) is 0 Å². The third-order valence-corrected chi connectivity index (χ3v) is 4.78. The highest BCUT2D eigenvalue weighted by atomic mass is 32.2. The maximum Gasteiger partial charge on any atom is 0.251 e. The van der Waals surface area contributed by atoms with Crippen LogP contribution in [0.4, 0.5) is 11.4 Å².